The van der Waals surface area contributed by atoms with Crippen LogP contribution in [0.3, 0.4) is 0 Å². The first kappa shape index (κ1) is 28.7. The van der Waals surface area contributed by atoms with Gasteiger partial charge in [-0.1, -0.05) is 132 Å². The fourth-order valence-electron chi connectivity index (χ4n) is 8.34. The third-order valence-electron chi connectivity index (χ3n) is 10.6. The standard InChI is InChI=1S/C46H30BN3S/c1-3-14-30(15-4-1)49(31-16-5-2-6-17-31)32-27-37(35-20-11-19-34-36-26-25-29-13-7-8-18-33(29)44(36)48-45(34)35)43-40(28-32)50-39-22-9-10-23-41(39)51-42-24-12-21-38(47-43)46(42)50/h1-28,47-48H. The second-order valence-electron chi connectivity index (χ2n) is 13.4. The Morgan fingerprint density at radius 2 is 1.18 bits per heavy atom. The third-order valence-corrected chi connectivity index (χ3v) is 11.7. The lowest BCUT2D eigenvalue weighted by Crippen LogP contribution is -2.42. The molecule has 0 fully saturated rings. The van der Waals surface area contributed by atoms with Gasteiger partial charge in [-0.15, -0.1) is 0 Å². The van der Waals surface area contributed by atoms with E-state index < -0.39 is 0 Å². The van der Waals surface area contributed by atoms with E-state index in [1.54, 1.807) is 0 Å². The molecule has 9 aromatic rings. The quantitative estimate of drug-likeness (QED) is 0.189. The van der Waals surface area contributed by atoms with E-state index in [0.717, 1.165) is 24.3 Å². The molecule has 2 aliphatic heterocycles. The number of hydrogen-bond acceptors (Lipinski definition) is 3. The molecule has 1 N–H and O–H groups in total. The highest BCUT2D eigenvalue weighted by Crippen LogP contribution is 2.53. The number of benzene rings is 8. The average molecular weight is 668 g/mol. The van der Waals surface area contributed by atoms with Gasteiger partial charge in [0.2, 0.25) is 0 Å². The van der Waals surface area contributed by atoms with E-state index >= 15 is 0 Å². The number of rotatable bonds is 4. The van der Waals surface area contributed by atoms with Gasteiger partial charge in [-0.3, -0.25) is 0 Å². The minimum atomic E-state index is 0.851. The molecule has 0 atom stereocenters. The zero-order valence-corrected chi connectivity index (χ0v) is 28.5. The number of H-pyrrole nitrogens is 1. The summed E-state index contributed by atoms with van der Waals surface area (Å²) in [4.78, 5) is 11.5. The van der Waals surface area contributed by atoms with Crippen LogP contribution in [-0.2, 0) is 0 Å². The second kappa shape index (κ2) is 11.2. The Kier molecular flexibility index (Phi) is 6.28. The largest absolute Gasteiger partial charge is 0.353 e. The van der Waals surface area contributed by atoms with Crippen molar-refractivity contribution in [1.29, 1.82) is 0 Å². The maximum absolute atomic E-state index is 3.96. The van der Waals surface area contributed by atoms with E-state index in [-0.39, 0.29) is 0 Å². The van der Waals surface area contributed by atoms with Crippen molar-refractivity contribution in [2.75, 3.05) is 9.80 Å². The molecule has 5 heteroatoms. The van der Waals surface area contributed by atoms with Crippen LogP contribution in [-0.4, -0.2) is 12.3 Å². The van der Waals surface area contributed by atoms with Gasteiger partial charge < -0.3 is 14.8 Å². The second-order valence-corrected chi connectivity index (χ2v) is 14.5. The lowest BCUT2D eigenvalue weighted by Gasteiger charge is -2.40. The van der Waals surface area contributed by atoms with Crippen LogP contribution in [0.15, 0.2) is 180 Å². The smallest absolute Gasteiger partial charge is 0.198 e. The molecule has 0 amide bonds. The summed E-state index contributed by atoms with van der Waals surface area (Å²) in [6.07, 6.45) is 0. The molecule has 2 aliphatic rings. The number of para-hydroxylation sites is 5. The van der Waals surface area contributed by atoms with Crippen molar-refractivity contribution in [2.24, 2.45) is 0 Å². The van der Waals surface area contributed by atoms with Crippen LogP contribution in [0.25, 0.3) is 43.7 Å². The molecule has 0 saturated heterocycles. The van der Waals surface area contributed by atoms with Crippen molar-refractivity contribution < 1.29 is 0 Å². The maximum Gasteiger partial charge on any atom is 0.198 e. The Balaban J connectivity index is 1.25. The summed E-state index contributed by atoms with van der Waals surface area (Å²) in [5.41, 5.74) is 14.6. The first-order valence-corrected chi connectivity index (χ1v) is 18.3. The molecule has 0 bridgehead atoms. The SMILES string of the molecule is B1c2cccc3c2N(c2ccccc2S3)c2cc(N(c3ccccc3)c3ccccc3)cc(-c3cccc4c3[nH]c3c5ccccc5ccc43)c21. The lowest BCUT2D eigenvalue weighted by molar-refractivity contribution is 1.17. The van der Waals surface area contributed by atoms with Gasteiger partial charge in [0.15, 0.2) is 7.28 Å². The molecule has 3 heterocycles. The summed E-state index contributed by atoms with van der Waals surface area (Å²) in [5.74, 6) is 0. The van der Waals surface area contributed by atoms with Crippen LogP contribution in [0.5, 0.6) is 0 Å². The predicted octanol–water partition coefficient (Wildman–Crippen LogP) is 11.2. The number of nitrogens with one attached hydrogen (secondary N) is 1. The minimum absolute atomic E-state index is 0.851. The molecule has 1 aromatic heterocycles. The Morgan fingerprint density at radius 3 is 2.02 bits per heavy atom. The van der Waals surface area contributed by atoms with Crippen molar-refractivity contribution in [3.05, 3.63) is 170 Å². The van der Waals surface area contributed by atoms with Crippen LogP contribution in [0.2, 0.25) is 0 Å². The van der Waals surface area contributed by atoms with Gasteiger partial charge in [-0.05, 0) is 71.0 Å². The Hall–Kier alpha value is -6.17. The molecular formula is C46H30BN3S. The van der Waals surface area contributed by atoms with Crippen LogP contribution >= 0.6 is 11.8 Å². The maximum atomic E-state index is 3.96. The number of aromatic amines is 1. The number of fused-ring (bicyclic) bond motifs is 9. The molecule has 8 aromatic carbocycles. The van der Waals surface area contributed by atoms with Gasteiger partial charge in [-0.2, -0.15) is 0 Å². The van der Waals surface area contributed by atoms with Crippen molar-refractivity contribution in [2.45, 2.75) is 9.79 Å². The fourth-order valence-corrected chi connectivity index (χ4v) is 9.46. The van der Waals surface area contributed by atoms with Crippen molar-refractivity contribution >= 4 is 96.7 Å². The highest BCUT2D eigenvalue weighted by atomic mass is 32.2. The number of hydrogen-bond donors (Lipinski definition) is 1. The molecular weight excluding hydrogens is 637 g/mol. The molecule has 0 radical (unpaired) electrons. The predicted molar refractivity (Wildman–Crippen MR) is 219 cm³/mol. The monoisotopic (exact) mass is 667 g/mol. The summed E-state index contributed by atoms with van der Waals surface area (Å²) in [5, 5.41) is 4.99. The highest BCUT2D eigenvalue weighted by molar-refractivity contribution is 7.99. The molecule has 51 heavy (non-hydrogen) atoms. The zero-order valence-electron chi connectivity index (χ0n) is 27.7. The van der Waals surface area contributed by atoms with Crippen LogP contribution in [0.4, 0.5) is 34.1 Å². The number of aromatic nitrogens is 1. The van der Waals surface area contributed by atoms with Crippen LogP contribution in [0, 0.1) is 0 Å². The fraction of sp³-hybridized carbons (Fsp3) is 0. The average Bonchev–Trinajstić information content (AvgIpc) is 3.58. The molecule has 3 nitrogen and oxygen atoms in total. The molecule has 0 saturated carbocycles. The van der Waals surface area contributed by atoms with E-state index in [2.05, 4.69) is 185 Å². The summed E-state index contributed by atoms with van der Waals surface area (Å²) in [7, 11) is 0.851. The number of anilines is 6. The Labute approximate surface area is 301 Å². The van der Waals surface area contributed by atoms with Gasteiger partial charge in [0.25, 0.3) is 0 Å². The molecule has 11 rings (SSSR count). The molecule has 0 spiro atoms. The first-order valence-electron chi connectivity index (χ1n) is 17.5. The normalized spacial score (nSPS) is 12.7. The van der Waals surface area contributed by atoms with Crippen molar-refractivity contribution in [3.63, 3.8) is 0 Å². The summed E-state index contributed by atoms with van der Waals surface area (Å²) in [6, 6.07) is 62.0. The summed E-state index contributed by atoms with van der Waals surface area (Å²) in [6.45, 7) is 0. The van der Waals surface area contributed by atoms with Crippen LogP contribution < -0.4 is 20.7 Å². The molecule has 0 aliphatic carbocycles. The number of nitrogens with zero attached hydrogens (tertiary/aromatic N) is 2. The Morgan fingerprint density at radius 1 is 0.490 bits per heavy atom. The van der Waals surface area contributed by atoms with E-state index in [1.807, 2.05) is 11.8 Å². The zero-order chi connectivity index (χ0) is 33.5. The van der Waals surface area contributed by atoms with E-state index in [9.17, 15) is 0 Å². The third kappa shape index (κ3) is 4.35. The van der Waals surface area contributed by atoms with Gasteiger partial charge in [0, 0.05) is 54.3 Å². The highest BCUT2D eigenvalue weighted by Gasteiger charge is 2.35. The van der Waals surface area contributed by atoms with E-state index in [0.29, 0.717) is 0 Å². The van der Waals surface area contributed by atoms with Gasteiger partial charge in [-0.25, -0.2) is 0 Å². The topological polar surface area (TPSA) is 22.3 Å². The Bertz CT molecular complexity index is 2790. The van der Waals surface area contributed by atoms with Gasteiger partial charge >= 0.3 is 0 Å². The minimum Gasteiger partial charge on any atom is -0.353 e. The van der Waals surface area contributed by atoms with E-state index in [1.165, 1.54) is 81.5 Å². The lowest BCUT2D eigenvalue weighted by atomic mass is 9.58. The first-order chi connectivity index (χ1) is 25.3. The van der Waals surface area contributed by atoms with Gasteiger partial charge in [0.05, 0.1) is 22.4 Å². The summed E-state index contributed by atoms with van der Waals surface area (Å²) < 4.78 is 0. The van der Waals surface area contributed by atoms with E-state index in [4.69, 9.17) is 0 Å². The van der Waals surface area contributed by atoms with Crippen molar-refractivity contribution in [1.82, 2.24) is 4.98 Å². The molecule has 0 unspecified atom stereocenters. The van der Waals surface area contributed by atoms with Gasteiger partial charge in [0.1, 0.15) is 0 Å². The van der Waals surface area contributed by atoms with Crippen molar-refractivity contribution in [3.8, 4) is 11.1 Å². The van der Waals surface area contributed by atoms with Crippen LogP contribution in [0.1, 0.15) is 0 Å². The summed E-state index contributed by atoms with van der Waals surface area (Å²) >= 11 is 1.88. The molecule has 238 valence electrons.